The van der Waals surface area contributed by atoms with Crippen molar-refractivity contribution in [3.8, 4) is 11.5 Å². The van der Waals surface area contributed by atoms with E-state index in [1.54, 1.807) is 12.1 Å². The molecule has 210 valence electrons. The number of benzene rings is 2. The molecule has 0 saturated carbocycles. The van der Waals surface area contributed by atoms with Crippen LogP contribution < -0.4 is 8.85 Å². The van der Waals surface area contributed by atoms with E-state index in [0.717, 1.165) is 5.56 Å². The minimum Gasteiger partial charge on any atom is -0.543 e. The van der Waals surface area contributed by atoms with E-state index in [-0.39, 0.29) is 22.4 Å². The van der Waals surface area contributed by atoms with Crippen molar-refractivity contribution < 1.29 is 23.3 Å². The average Bonchev–Trinajstić information content (AvgIpc) is 2.77. The van der Waals surface area contributed by atoms with Gasteiger partial charge in [0.15, 0.2) is 0 Å². The zero-order valence-electron chi connectivity index (χ0n) is 24.6. The van der Waals surface area contributed by atoms with Crippen molar-refractivity contribution in [2.24, 2.45) is 0 Å². The van der Waals surface area contributed by atoms with E-state index in [4.69, 9.17) is 13.6 Å². The molecule has 0 spiro atoms. The number of rotatable bonds is 9. The number of nitrogens with zero attached hydrogens (tertiary/aromatic N) is 1. The molecule has 7 nitrogen and oxygen atoms in total. The first-order valence-electron chi connectivity index (χ1n) is 12.7. The van der Waals surface area contributed by atoms with Crippen LogP contribution in [0.5, 0.6) is 11.5 Å². The van der Waals surface area contributed by atoms with E-state index >= 15 is 0 Å². The summed E-state index contributed by atoms with van der Waals surface area (Å²) >= 11 is 3.59. The van der Waals surface area contributed by atoms with Crippen LogP contribution in [0.15, 0.2) is 30.3 Å². The second-order valence-corrected chi connectivity index (χ2v) is 22.7. The molecule has 0 N–H and O–H groups in total. The van der Waals surface area contributed by atoms with Gasteiger partial charge in [-0.15, -0.1) is 0 Å². The maximum Gasteiger partial charge on any atom is 0.339 e. The van der Waals surface area contributed by atoms with E-state index < -0.39 is 27.5 Å². The van der Waals surface area contributed by atoms with Crippen LogP contribution in [0.25, 0.3) is 0 Å². The highest BCUT2D eigenvalue weighted by Crippen LogP contribution is 2.44. The normalized spacial score (nSPS) is 12.7. The molecular formula is C28H42BrNO6Si2. The van der Waals surface area contributed by atoms with Crippen molar-refractivity contribution in [1.82, 2.24) is 0 Å². The van der Waals surface area contributed by atoms with Crippen LogP contribution in [0.2, 0.25) is 36.3 Å². The highest BCUT2D eigenvalue weighted by atomic mass is 79.9. The van der Waals surface area contributed by atoms with Gasteiger partial charge < -0.3 is 13.6 Å². The standard InChI is InChI=1S/C28H42BrNO6Si2/c1-19-23(35-37(8,9)27(2,3)4)16-24(36-38(10,11)28(5,6)7)22(17-29)25(19)26(31)34-18-20-12-14-21(15-13-20)30(32)33/h12-16H,17-18H2,1-11H3. The molecule has 2 aromatic carbocycles. The molecule has 0 unspecified atom stereocenters. The summed E-state index contributed by atoms with van der Waals surface area (Å²) < 4.78 is 19.2. The minimum atomic E-state index is -2.24. The second-order valence-electron chi connectivity index (χ2n) is 12.7. The third kappa shape index (κ3) is 7.27. The molecule has 0 amide bonds. The fraction of sp³-hybridized carbons (Fsp3) is 0.536. The van der Waals surface area contributed by atoms with Gasteiger partial charge in [-0.3, -0.25) is 10.1 Å². The maximum absolute atomic E-state index is 13.6. The van der Waals surface area contributed by atoms with Gasteiger partial charge in [0, 0.05) is 34.7 Å². The molecule has 0 aliphatic rings. The van der Waals surface area contributed by atoms with Crippen LogP contribution in [0.3, 0.4) is 0 Å². The summed E-state index contributed by atoms with van der Waals surface area (Å²) in [7, 11) is -4.47. The van der Waals surface area contributed by atoms with Crippen molar-refractivity contribution in [3.63, 3.8) is 0 Å². The lowest BCUT2D eigenvalue weighted by Crippen LogP contribution is -2.45. The first-order chi connectivity index (χ1) is 17.2. The number of halogens is 1. The van der Waals surface area contributed by atoms with Crippen LogP contribution in [0.4, 0.5) is 5.69 Å². The molecule has 0 bridgehead atoms. The summed E-state index contributed by atoms with van der Waals surface area (Å²) in [5, 5.41) is 11.3. The van der Waals surface area contributed by atoms with Crippen molar-refractivity contribution >= 4 is 44.2 Å². The Bertz CT molecular complexity index is 1180. The zero-order valence-corrected chi connectivity index (χ0v) is 28.2. The second kappa shape index (κ2) is 11.5. The van der Waals surface area contributed by atoms with E-state index in [1.807, 2.05) is 13.0 Å². The number of hydrogen-bond donors (Lipinski definition) is 0. The Morgan fingerprint density at radius 2 is 1.39 bits per heavy atom. The van der Waals surface area contributed by atoms with Gasteiger partial charge in [-0.2, -0.15) is 0 Å². The largest absolute Gasteiger partial charge is 0.543 e. The highest BCUT2D eigenvalue weighted by Gasteiger charge is 2.42. The molecule has 0 aliphatic heterocycles. The zero-order chi connectivity index (χ0) is 29.3. The predicted molar refractivity (Wildman–Crippen MR) is 162 cm³/mol. The van der Waals surface area contributed by atoms with Gasteiger partial charge in [-0.1, -0.05) is 57.5 Å². The number of carbonyl (C=O) groups is 1. The van der Waals surface area contributed by atoms with Crippen LogP contribution >= 0.6 is 15.9 Å². The third-order valence-electron chi connectivity index (χ3n) is 7.80. The number of nitro groups is 1. The number of ether oxygens (including phenoxy) is 1. The lowest BCUT2D eigenvalue weighted by atomic mass is 10.0. The van der Waals surface area contributed by atoms with Gasteiger partial charge in [0.05, 0.1) is 10.5 Å². The van der Waals surface area contributed by atoms with Crippen LogP contribution in [0.1, 0.15) is 68.6 Å². The van der Waals surface area contributed by atoms with Crippen molar-refractivity contribution in [2.45, 2.75) is 96.7 Å². The van der Waals surface area contributed by atoms with Gasteiger partial charge in [0.1, 0.15) is 18.1 Å². The van der Waals surface area contributed by atoms with Crippen molar-refractivity contribution in [1.29, 1.82) is 0 Å². The Kier molecular flexibility index (Phi) is 9.71. The van der Waals surface area contributed by atoms with Crippen LogP contribution in [-0.2, 0) is 16.7 Å². The molecular weight excluding hydrogens is 582 g/mol. The predicted octanol–water partition coefficient (Wildman–Crippen LogP) is 8.92. The van der Waals surface area contributed by atoms with Gasteiger partial charge in [-0.05, 0) is 60.9 Å². The summed E-state index contributed by atoms with van der Waals surface area (Å²) in [6, 6.07) is 7.92. The van der Waals surface area contributed by atoms with Crippen molar-refractivity contribution in [3.05, 3.63) is 62.7 Å². The monoisotopic (exact) mass is 623 g/mol. The minimum absolute atomic E-state index is 0.0102. The molecule has 2 aromatic rings. The third-order valence-corrected chi connectivity index (χ3v) is 17.0. The van der Waals surface area contributed by atoms with E-state index in [2.05, 4.69) is 83.7 Å². The number of hydrogen-bond acceptors (Lipinski definition) is 6. The SMILES string of the molecule is Cc1c(O[Si](C)(C)C(C)(C)C)cc(O[Si](C)(C)C(C)(C)C)c(CBr)c1C(=O)OCc1ccc([N+](=O)[O-])cc1. The van der Waals surface area contributed by atoms with E-state index in [0.29, 0.717) is 33.5 Å². The summed E-state index contributed by atoms with van der Waals surface area (Å²) in [6.45, 7) is 23.6. The number of carbonyl (C=O) groups excluding carboxylic acids is 1. The number of esters is 1. The van der Waals surface area contributed by atoms with Gasteiger partial charge in [-0.25, -0.2) is 4.79 Å². The van der Waals surface area contributed by atoms with Crippen LogP contribution in [-0.4, -0.2) is 27.5 Å². The number of non-ortho nitro benzene ring substituents is 1. The maximum atomic E-state index is 13.6. The lowest BCUT2D eigenvalue weighted by molar-refractivity contribution is -0.384. The van der Waals surface area contributed by atoms with Gasteiger partial charge >= 0.3 is 5.97 Å². The summed E-state index contributed by atoms with van der Waals surface area (Å²) in [5.74, 6) is 0.781. The van der Waals surface area contributed by atoms with E-state index in [9.17, 15) is 14.9 Å². The van der Waals surface area contributed by atoms with Gasteiger partial charge in [0.25, 0.3) is 5.69 Å². The Morgan fingerprint density at radius 3 is 1.82 bits per heavy atom. The molecule has 0 aliphatic carbocycles. The fourth-order valence-corrected chi connectivity index (χ4v) is 5.85. The quantitative estimate of drug-likeness (QED) is 0.0910. The van der Waals surface area contributed by atoms with Crippen molar-refractivity contribution in [2.75, 3.05) is 0 Å². The molecule has 0 fully saturated rings. The summed E-state index contributed by atoms with van der Waals surface area (Å²) in [6.07, 6.45) is 0. The molecule has 0 saturated heterocycles. The fourth-order valence-electron chi connectivity index (χ4n) is 3.18. The van der Waals surface area contributed by atoms with Crippen LogP contribution in [0, 0.1) is 17.0 Å². The lowest BCUT2D eigenvalue weighted by Gasteiger charge is -2.39. The molecule has 2 rings (SSSR count). The highest BCUT2D eigenvalue weighted by molar-refractivity contribution is 9.08. The van der Waals surface area contributed by atoms with E-state index in [1.165, 1.54) is 12.1 Å². The first-order valence-corrected chi connectivity index (χ1v) is 19.7. The smallest absolute Gasteiger partial charge is 0.339 e. The molecule has 10 heteroatoms. The molecule has 0 aromatic heterocycles. The summed E-state index contributed by atoms with van der Waals surface area (Å²) in [4.78, 5) is 24.1. The molecule has 0 radical (unpaired) electrons. The average molecular weight is 625 g/mol. The molecule has 0 heterocycles. The number of alkyl halides is 1. The molecule has 38 heavy (non-hydrogen) atoms. The van der Waals surface area contributed by atoms with Gasteiger partial charge in [0.2, 0.25) is 16.6 Å². The summed E-state index contributed by atoms with van der Waals surface area (Å²) in [5.41, 5.74) is 2.51. The Hall–Kier alpha value is -2.18. The molecule has 0 atom stereocenters. The number of nitro benzene ring substituents is 1. The topological polar surface area (TPSA) is 87.9 Å². The Labute approximate surface area is 237 Å². The Balaban J connectivity index is 2.59. The Morgan fingerprint density at radius 1 is 0.921 bits per heavy atom. The first kappa shape index (κ1) is 32.0.